The summed E-state index contributed by atoms with van der Waals surface area (Å²) < 4.78 is 12.2. The lowest BCUT2D eigenvalue weighted by molar-refractivity contribution is -0.384. The number of hydrogen-bond donors (Lipinski definition) is 1. The molecule has 0 bridgehead atoms. The SMILES string of the molecule is COc1ccccc1OCCNC(=O)c1ccn(-c2cccc([N+](=O)[O-])c2)n1. The minimum absolute atomic E-state index is 0.0486. The number of non-ortho nitro benzene ring substituents is 1. The number of methoxy groups -OCH3 is 1. The topological polar surface area (TPSA) is 109 Å². The number of benzene rings is 2. The highest BCUT2D eigenvalue weighted by atomic mass is 16.6. The van der Waals surface area contributed by atoms with Crippen molar-refractivity contribution in [3.8, 4) is 17.2 Å². The summed E-state index contributed by atoms with van der Waals surface area (Å²) >= 11 is 0. The number of para-hydroxylation sites is 2. The summed E-state index contributed by atoms with van der Waals surface area (Å²) in [4.78, 5) is 22.6. The lowest BCUT2D eigenvalue weighted by Crippen LogP contribution is -2.28. The second kappa shape index (κ2) is 8.67. The molecule has 0 spiro atoms. The van der Waals surface area contributed by atoms with Gasteiger partial charge in [-0.15, -0.1) is 0 Å². The van der Waals surface area contributed by atoms with E-state index >= 15 is 0 Å². The molecule has 3 aromatic rings. The monoisotopic (exact) mass is 382 g/mol. The standard InChI is InChI=1S/C19H18N4O5/c1-27-17-7-2-3-8-18(17)28-12-10-20-19(24)16-9-11-22(21-16)14-5-4-6-15(13-14)23(25)26/h2-9,11,13H,10,12H2,1H3,(H,20,24). The Labute approximate surface area is 160 Å². The van der Waals surface area contributed by atoms with E-state index < -0.39 is 4.92 Å². The molecule has 1 N–H and O–H groups in total. The minimum Gasteiger partial charge on any atom is -0.493 e. The molecule has 2 aromatic carbocycles. The highest BCUT2D eigenvalue weighted by Gasteiger charge is 2.12. The molecule has 1 aromatic heterocycles. The molecule has 0 saturated carbocycles. The zero-order chi connectivity index (χ0) is 19.9. The van der Waals surface area contributed by atoms with E-state index in [1.807, 2.05) is 12.1 Å². The van der Waals surface area contributed by atoms with Crippen molar-refractivity contribution in [2.24, 2.45) is 0 Å². The highest BCUT2D eigenvalue weighted by molar-refractivity contribution is 5.92. The zero-order valence-electron chi connectivity index (χ0n) is 15.1. The van der Waals surface area contributed by atoms with Crippen LogP contribution in [-0.2, 0) is 0 Å². The third-order valence-electron chi connectivity index (χ3n) is 3.84. The van der Waals surface area contributed by atoms with Crippen LogP contribution >= 0.6 is 0 Å². The number of nitro benzene ring substituents is 1. The number of nitro groups is 1. The third-order valence-corrected chi connectivity index (χ3v) is 3.84. The van der Waals surface area contributed by atoms with Crippen LogP contribution in [0.2, 0.25) is 0 Å². The summed E-state index contributed by atoms with van der Waals surface area (Å²) in [7, 11) is 1.56. The van der Waals surface area contributed by atoms with E-state index in [2.05, 4.69) is 10.4 Å². The van der Waals surface area contributed by atoms with Gasteiger partial charge >= 0.3 is 0 Å². The lowest BCUT2D eigenvalue weighted by Gasteiger charge is -2.10. The van der Waals surface area contributed by atoms with Crippen LogP contribution in [0.25, 0.3) is 5.69 Å². The Balaban J connectivity index is 1.56. The normalized spacial score (nSPS) is 10.3. The Bertz CT molecular complexity index is 986. The van der Waals surface area contributed by atoms with E-state index in [1.54, 1.807) is 37.6 Å². The van der Waals surface area contributed by atoms with Gasteiger partial charge in [0.15, 0.2) is 17.2 Å². The number of carbonyl (C=O) groups is 1. The van der Waals surface area contributed by atoms with E-state index in [4.69, 9.17) is 9.47 Å². The predicted octanol–water partition coefficient (Wildman–Crippen LogP) is 2.60. The molecule has 0 atom stereocenters. The summed E-state index contributed by atoms with van der Waals surface area (Å²) in [6.07, 6.45) is 1.57. The second-order valence-electron chi connectivity index (χ2n) is 5.68. The van der Waals surface area contributed by atoms with E-state index in [-0.39, 0.29) is 30.4 Å². The van der Waals surface area contributed by atoms with Crippen LogP contribution in [0.3, 0.4) is 0 Å². The first-order valence-corrected chi connectivity index (χ1v) is 8.43. The summed E-state index contributed by atoms with van der Waals surface area (Å²) in [5, 5.41) is 17.8. The van der Waals surface area contributed by atoms with Gasteiger partial charge in [0, 0.05) is 18.3 Å². The van der Waals surface area contributed by atoms with Crippen LogP contribution < -0.4 is 14.8 Å². The van der Waals surface area contributed by atoms with E-state index in [0.717, 1.165) is 0 Å². The molecule has 0 aliphatic rings. The second-order valence-corrected chi connectivity index (χ2v) is 5.68. The van der Waals surface area contributed by atoms with Gasteiger partial charge in [0.1, 0.15) is 6.61 Å². The Morgan fingerprint density at radius 1 is 1.18 bits per heavy atom. The summed E-state index contributed by atoms with van der Waals surface area (Å²) in [6.45, 7) is 0.540. The Morgan fingerprint density at radius 3 is 2.71 bits per heavy atom. The van der Waals surface area contributed by atoms with Gasteiger partial charge in [-0.1, -0.05) is 18.2 Å². The van der Waals surface area contributed by atoms with Crippen molar-refractivity contribution >= 4 is 11.6 Å². The Morgan fingerprint density at radius 2 is 1.96 bits per heavy atom. The van der Waals surface area contributed by atoms with Crippen molar-refractivity contribution in [3.63, 3.8) is 0 Å². The van der Waals surface area contributed by atoms with Crippen molar-refractivity contribution in [3.05, 3.63) is 76.6 Å². The van der Waals surface area contributed by atoms with Gasteiger partial charge in [-0.05, 0) is 24.3 Å². The fourth-order valence-electron chi connectivity index (χ4n) is 2.49. The summed E-state index contributed by atoms with van der Waals surface area (Å²) in [5.41, 5.74) is 0.643. The quantitative estimate of drug-likeness (QED) is 0.364. The number of carbonyl (C=O) groups excluding carboxylic acids is 1. The molecule has 0 aliphatic heterocycles. The van der Waals surface area contributed by atoms with Crippen molar-refractivity contribution < 1.29 is 19.2 Å². The van der Waals surface area contributed by atoms with Gasteiger partial charge in [0.05, 0.1) is 24.3 Å². The maximum atomic E-state index is 12.2. The minimum atomic E-state index is -0.484. The maximum absolute atomic E-state index is 12.2. The number of rotatable bonds is 8. The van der Waals surface area contributed by atoms with Crippen LogP contribution in [0.1, 0.15) is 10.5 Å². The Kier molecular flexibility index (Phi) is 5.85. The molecule has 9 nitrogen and oxygen atoms in total. The number of aromatic nitrogens is 2. The molecule has 0 fully saturated rings. The molecule has 0 aliphatic carbocycles. The molecule has 0 unspecified atom stereocenters. The largest absolute Gasteiger partial charge is 0.493 e. The van der Waals surface area contributed by atoms with E-state index in [0.29, 0.717) is 17.2 Å². The highest BCUT2D eigenvalue weighted by Crippen LogP contribution is 2.25. The molecule has 0 radical (unpaired) electrons. The average molecular weight is 382 g/mol. The van der Waals surface area contributed by atoms with Crippen LogP contribution in [0.15, 0.2) is 60.8 Å². The van der Waals surface area contributed by atoms with Gasteiger partial charge in [-0.25, -0.2) is 4.68 Å². The van der Waals surface area contributed by atoms with Crippen molar-refractivity contribution in [1.82, 2.24) is 15.1 Å². The summed E-state index contributed by atoms with van der Waals surface area (Å²) in [6, 6.07) is 14.8. The molecule has 144 valence electrons. The van der Waals surface area contributed by atoms with Gasteiger partial charge in [-0.2, -0.15) is 5.10 Å². The zero-order valence-corrected chi connectivity index (χ0v) is 15.1. The van der Waals surface area contributed by atoms with Gasteiger partial charge in [0.25, 0.3) is 11.6 Å². The van der Waals surface area contributed by atoms with Gasteiger partial charge in [-0.3, -0.25) is 14.9 Å². The molecule has 0 saturated heterocycles. The first-order valence-electron chi connectivity index (χ1n) is 8.43. The summed E-state index contributed by atoms with van der Waals surface area (Å²) in [5.74, 6) is 0.839. The lowest BCUT2D eigenvalue weighted by atomic mass is 10.3. The van der Waals surface area contributed by atoms with Gasteiger partial charge < -0.3 is 14.8 Å². The fourth-order valence-corrected chi connectivity index (χ4v) is 2.49. The van der Waals surface area contributed by atoms with Crippen LogP contribution in [0.4, 0.5) is 5.69 Å². The van der Waals surface area contributed by atoms with Crippen molar-refractivity contribution in [1.29, 1.82) is 0 Å². The van der Waals surface area contributed by atoms with Gasteiger partial charge in [0.2, 0.25) is 0 Å². The molecule has 3 rings (SSSR count). The molecular weight excluding hydrogens is 364 g/mol. The molecule has 28 heavy (non-hydrogen) atoms. The van der Waals surface area contributed by atoms with E-state index in [1.165, 1.54) is 22.9 Å². The van der Waals surface area contributed by atoms with Crippen LogP contribution in [0.5, 0.6) is 11.5 Å². The smallest absolute Gasteiger partial charge is 0.271 e. The molecule has 1 heterocycles. The van der Waals surface area contributed by atoms with Crippen molar-refractivity contribution in [2.45, 2.75) is 0 Å². The van der Waals surface area contributed by atoms with Crippen LogP contribution in [-0.4, -0.2) is 40.9 Å². The van der Waals surface area contributed by atoms with Crippen molar-refractivity contribution in [2.75, 3.05) is 20.3 Å². The molecule has 9 heteroatoms. The number of nitrogens with zero attached hydrogens (tertiary/aromatic N) is 3. The average Bonchev–Trinajstić information content (AvgIpc) is 3.22. The number of ether oxygens (including phenoxy) is 2. The molecule has 1 amide bonds. The first kappa shape index (κ1) is 18.9. The molecular formula is C19H18N4O5. The first-order chi connectivity index (χ1) is 13.6. The number of amides is 1. The number of nitrogens with one attached hydrogen (secondary N) is 1. The fraction of sp³-hybridized carbons (Fsp3) is 0.158. The number of hydrogen-bond acceptors (Lipinski definition) is 6. The predicted molar refractivity (Wildman–Crippen MR) is 101 cm³/mol. The third kappa shape index (κ3) is 4.44. The maximum Gasteiger partial charge on any atom is 0.271 e. The Hall–Kier alpha value is -3.88. The van der Waals surface area contributed by atoms with Crippen LogP contribution in [0, 0.1) is 10.1 Å². The van der Waals surface area contributed by atoms with E-state index in [9.17, 15) is 14.9 Å².